The van der Waals surface area contributed by atoms with Crippen molar-refractivity contribution in [3.05, 3.63) is 34.6 Å². The highest BCUT2D eigenvalue weighted by Crippen LogP contribution is 2.14. The molecule has 78 valence electrons. The number of hydrogen-bond acceptors (Lipinski definition) is 1. The molecule has 2 nitrogen and oxygen atoms in total. The Hall–Kier alpha value is -1.53. The largest absolute Gasteiger partial charge is 0.341 e. The van der Waals surface area contributed by atoms with E-state index in [9.17, 15) is 9.18 Å². The van der Waals surface area contributed by atoms with Gasteiger partial charge in [0.2, 0.25) is 0 Å². The van der Waals surface area contributed by atoms with Gasteiger partial charge in [-0.3, -0.25) is 4.79 Å². The molecule has 0 spiro atoms. The number of carbonyl (C=O) groups excluding carboxylic acids is 1. The highest BCUT2D eigenvalue weighted by Gasteiger charge is 2.10. The van der Waals surface area contributed by atoms with Crippen LogP contribution in [0.3, 0.4) is 0 Å². The Morgan fingerprint density at radius 3 is 3.00 bits per heavy atom. The van der Waals surface area contributed by atoms with Gasteiger partial charge < -0.3 is 5.32 Å². The Morgan fingerprint density at radius 2 is 2.33 bits per heavy atom. The van der Waals surface area contributed by atoms with Crippen LogP contribution in [0.25, 0.3) is 0 Å². The van der Waals surface area contributed by atoms with E-state index in [4.69, 9.17) is 11.6 Å². The molecule has 0 aromatic heterocycles. The zero-order valence-electron chi connectivity index (χ0n) is 8.10. The fraction of sp³-hybridized carbons (Fsp3) is 0.182. The fourth-order valence-corrected chi connectivity index (χ4v) is 1.15. The molecule has 0 heterocycles. The van der Waals surface area contributed by atoms with Crippen molar-refractivity contribution in [1.82, 2.24) is 5.32 Å². The monoisotopic (exact) mass is 225 g/mol. The number of carbonyl (C=O) groups is 1. The van der Waals surface area contributed by atoms with Crippen molar-refractivity contribution < 1.29 is 9.18 Å². The zero-order valence-corrected chi connectivity index (χ0v) is 8.86. The topological polar surface area (TPSA) is 29.1 Å². The van der Waals surface area contributed by atoms with E-state index in [1.165, 1.54) is 12.1 Å². The average Bonchev–Trinajstić information content (AvgIpc) is 2.22. The summed E-state index contributed by atoms with van der Waals surface area (Å²) in [6.07, 6.45) is 0. The Kier molecular flexibility index (Phi) is 4.14. The smallest absolute Gasteiger partial charge is 0.255 e. The first-order chi connectivity index (χ1) is 7.15. The van der Waals surface area contributed by atoms with Crippen molar-refractivity contribution in [2.24, 2.45) is 0 Å². The van der Waals surface area contributed by atoms with E-state index in [0.29, 0.717) is 5.02 Å². The van der Waals surface area contributed by atoms with E-state index < -0.39 is 11.7 Å². The van der Waals surface area contributed by atoms with Crippen molar-refractivity contribution >= 4 is 17.5 Å². The first kappa shape index (κ1) is 11.5. The number of amides is 1. The first-order valence-electron chi connectivity index (χ1n) is 4.28. The summed E-state index contributed by atoms with van der Waals surface area (Å²) in [5, 5.41) is 2.78. The maximum absolute atomic E-state index is 13.2. The minimum atomic E-state index is -0.596. The van der Waals surface area contributed by atoms with Crippen molar-refractivity contribution in [3.63, 3.8) is 0 Å². The second-order valence-corrected chi connectivity index (χ2v) is 3.17. The molecule has 0 saturated carbocycles. The summed E-state index contributed by atoms with van der Waals surface area (Å²) in [5.74, 6) is 4.15. The third-order valence-electron chi connectivity index (χ3n) is 1.69. The van der Waals surface area contributed by atoms with Crippen molar-refractivity contribution in [3.8, 4) is 11.8 Å². The molecule has 1 rings (SSSR count). The number of nitrogens with one attached hydrogen (secondary N) is 1. The summed E-state index contributed by atoms with van der Waals surface area (Å²) < 4.78 is 13.2. The van der Waals surface area contributed by atoms with Gasteiger partial charge in [0.15, 0.2) is 0 Å². The molecule has 0 aliphatic heterocycles. The summed E-state index contributed by atoms with van der Waals surface area (Å²) in [6, 6.07) is 3.83. The lowest BCUT2D eigenvalue weighted by atomic mass is 10.2. The summed E-state index contributed by atoms with van der Waals surface area (Å²) in [4.78, 5) is 11.4. The molecule has 1 aromatic carbocycles. The van der Waals surface area contributed by atoms with Crippen molar-refractivity contribution in [2.75, 3.05) is 6.54 Å². The van der Waals surface area contributed by atoms with Crippen LogP contribution in [-0.4, -0.2) is 12.5 Å². The lowest BCUT2D eigenvalue weighted by Crippen LogP contribution is -2.24. The predicted molar refractivity (Wildman–Crippen MR) is 57.2 cm³/mol. The van der Waals surface area contributed by atoms with Crippen LogP contribution in [0.1, 0.15) is 17.3 Å². The molecule has 0 aliphatic rings. The molecule has 1 aromatic rings. The predicted octanol–water partition coefficient (Wildman–Crippen LogP) is 2.23. The van der Waals surface area contributed by atoms with E-state index in [1.807, 2.05) is 0 Å². The number of halogens is 2. The SMILES string of the molecule is CC#CCNC(=O)c1cc(Cl)ccc1F. The van der Waals surface area contributed by atoms with Gasteiger partial charge in [0, 0.05) is 5.02 Å². The van der Waals surface area contributed by atoms with E-state index >= 15 is 0 Å². The van der Waals surface area contributed by atoms with Gasteiger partial charge in [0.05, 0.1) is 12.1 Å². The molecule has 0 unspecified atom stereocenters. The third-order valence-corrected chi connectivity index (χ3v) is 1.92. The van der Waals surface area contributed by atoms with E-state index in [1.54, 1.807) is 6.92 Å². The minimum absolute atomic E-state index is 0.0691. The maximum Gasteiger partial charge on any atom is 0.255 e. The first-order valence-corrected chi connectivity index (χ1v) is 4.66. The van der Waals surface area contributed by atoms with Crippen LogP contribution in [0.4, 0.5) is 4.39 Å². The second kappa shape index (κ2) is 5.38. The summed E-state index contributed by atoms with van der Waals surface area (Å²) >= 11 is 5.65. The molecule has 0 aliphatic carbocycles. The summed E-state index contributed by atoms with van der Waals surface area (Å²) in [5.41, 5.74) is -0.0691. The Labute approximate surface area is 92.4 Å². The van der Waals surface area contributed by atoms with Crippen LogP contribution >= 0.6 is 11.6 Å². The Balaban J connectivity index is 2.80. The molecule has 0 radical (unpaired) electrons. The Morgan fingerprint density at radius 1 is 1.60 bits per heavy atom. The Bertz CT molecular complexity index is 434. The number of rotatable bonds is 2. The van der Waals surface area contributed by atoms with E-state index in [2.05, 4.69) is 17.2 Å². The van der Waals surface area contributed by atoms with Crippen molar-refractivity contribution in [2.45, 2.75) is 6.92 Å². The molecule has 1 amide bonds. The average molecular weight is 226 g/mol. The zero-order chi connectivity index (χ0) is 11.3. The van der Waals surface area contributed by atoms with Gasteiger partial charge in [-0.25, -0.2) is 4.39 Å². The molecular formula is C11H9ClFNO. The van der Waals surface area contributed by atoms with Crippen LogP contribution in [-0.2, 0) is 0 Å². The molecule has 0 fully saturated rings. The van der Waals surface area contributed by atoms with Crippen LogP contribution < -0.4 is 5.32 Å². The molecule has 1 N–H and O–H groups in total. The molecular weight excluding hydrogens is 217 g/mol. The second-order valence-electron chi connectivity index (χ2n) is 2.73. The lowest BCUT2D eigenvalue weighted by molar-refractivity contribution is 0.0954. The van der Waals surface area contributed by atoms with Crippen LogP contribution in [0.15, 0.2) is 18.2 Å². The van der Waals surface area contributed by atoms with Crippen LogP contribution in [0.2, 0.25) is 5.02 Å². The lowest BCUT2D eigenvalue weighted by Gasteiger charge is -2.03. The van der Waals surface area contributed by atoms with Gasteiger partial charge in [-0.05, 0) is 25.1 Å². The van der Waals surface area contributed by atoms with Gasteiger partial charge in [0.25, 0.3) is 5.91 Å². The van der Waals surface area contributed by atoms with Crippen LogP contribution in [0.5, 0.6) is 0 Å². The van der Waals surface area contributed by atoms with E-state index in [-0.39, 0.29) is 12.1 Å². The summed E-state index contributed by atoms with van der Waals surface area (Å²) in [6.45, 7) is 1.85. The molecule has 0 bridgehead atoms. The van der Waals surface area contributed by atoms with Gasteiger partial charge >= 0.3 is 0 Å². The molecule has 0 saturated heterocycles. The van der Waals surface area contributed by atoms with Crippen molar-refractivity contribution in [1.29, 1.82) is 0 Å². The van der Waals surface area contributed by atoms with Gasteiger partial charge in [0.1, 0.15) is 5.82 Å². The highest BCUT2D eigenvalue weighted by atomic mass is 35.5. The quantitative estimate of drug-likeness (QED) is 0.769. The fourth-order valence-electron chi connectivity index (χ4n) is 0.980. The van der Waals surface area contributed by atoms with Gasteiger partial charge in [-0.2, -0.15) is 0 Å². The molecule has 4 heteroatoms. The third kappa shape index (κ3) is 3.26. The normalized spacial score (nSPS) is 9.00. The number of benzene rings is 1. The summed E-state index contributed by atoms with van der Waals surface area (Å²) in [7, 11) is 0. The standard InChI is InChI=1S/C11H9ClFNO/c1-2-3-6-14-11(15)9-7-8(12)4-5-10(9)13/h4-5,7H,6H2,1H3,(H,14,15). The molecule has 15 heavy (non-hydrogen) atoms. The van der Waals surface area contributed by atoms with Crippen LogP contribution in [0, 0.1) is 17.7 Å². The maximum atomic E-state index is 13.2. The van der Waals surface area contributed by atoms with Gasteiger partial charge in [-0.1, -0.05) is 17.5 Å². The minimum Gasteiger partial charge on any atom is -0.341 e. The number of hydrogen-bond donors (Lipinski definition) is 1. The van der Waals surface area contributed by atoms with Gasteiger partial charge in [-0.15, -0.1) is 5.92 Å². The van der Waals surface area contributed by atoms with E-state index in [0.717, 1.165) is 6.07 Å². The molecule has 0 atom stereocenters. The highest BCUT2D eigenvalue weighted by molar-refractivity contribution is 6.30.